The maximum atomic E-state index is 13.0. The van der Waals surface area contributed by atoms with E-state index in [0.29, 0.717) is 18.4 Å². The number of hydrogen-bond donors (Lipinski definition) is 1. The highest BCUT2D eigenvalue weighted by Crippen LogP contribution is 2.41. The quantitative estimate of drug-likeness (QED) is 0.633. The largest absolute Gasteiger partial charge is 0.469 e. The number of fused-ring (bicyclic) bond motifs is 2. The number of hydrogen-bond acceptors (Lipinski definition) is 4. The first kappa shape index (κ1) is 19.6. The SMILES string of the molecule is COC(=O)C1(C)Cc2c(C)c(C)c(B3Nc4ccccc4C(=O)N3C)c(C)c2C1. The van der Waals surface area contributed by atoms with Crippen molar-refractivity contribution in [1.82, 2.24) is 4.81 Å². The second-order valence-electron chi connectivity index (χ2n) is 8.66. The third-order valence-electron chi connectivity index (χ3n) is 6.88. The summed E-state index contributed by atoms with van der Waals surface area (Å²) >= 11 is 0. The molecule has 0 aromatic heterocycles. The zero-order valence-electron chi connectivity index (χ0n) is 18.0. The van der Waals surface area contributed by atoms with E-state index in [-0.39, 0.29) is 18.9 Å². The van der Waals surface area contributed by atoms with Gasteiger partial charge in [-0.25, -0.2) is 0 Å². The molecule has 0 fully saturated rings. The molecule has 2 aromatic carbocycles. The van der Waals surface area contributed by atoms with E-state index >= 15 is 0 Å². The Hall–Kier alpha value is -2.76. The van der Waals surface area contributed by atoms with Crippen molar-refractivity contribution in [3.63, 3.8) is 0 Å². The number of ether oxygens (including phenoxy) is 1. The molecule has 0 spiro atoms. The van der Waals surface area contributed by atoms with Crippen LogP contribution < -0.4 is 10.7 Å². The molecule has 0 saturated heterocycles. The van der Waals surface area contributed by atoms with Crippen LogP contribution in [0.1, 0.15) is 45.1 Å². The molecule has 4 rings (SSSR count). The number of benzene rings is 2. The normalized spacial score (nSPS) is 20.3. The maximum absolute atomic E-state index is 13.0. The van der Waals surface area contributed by atoms with Crippen LogP contribution in [-0.2, 0) is 22.4 Å². The van der Waals surface area contributed by atoms with Gasteiger partial charge in [0.1, 0.15) is 0 Å². The first-order chi connectivity index (χ1) is 13.7. The summed E-state index contributed by atoms with van der Waals surface area (Å²) in [6.45, 7) is 8.10. The number of anilines is 1. The Bertz CT molecular complexity index is 1050. The molecule has 1 aliphatic carbocycles. The second-order valence-corrected chi connectivity index (χ2v) is 8.66. The molecule has 0 saturated carbocycles. The molecule has 1 unspecified atom stereocenters. The van der Waals surface area contributed by atoms with Gasteiger partial charge in [0.2, 0.25) is 5.91 Å². The first-order valence-electron chi connectivity index (χ1n) is 10.0. The Morgan fingerprint density at radius 1 is 1.10 bits per heavy atom. The number of carbonyl (C=O) groups is 2. The van der Waals surface area contributed by atoms with Crippen LogP contribution in [0.25, 0.3) is 0 Å². The fourth-order valence-corrected chi connectivity index (χ4v) is 5.06. The fraction of sp³-hybridized carbons (Fsp3) is 0.391. The van der Waals surface area contributed by atoms with E-state index in [9.17, 15) is 9.59 Å². The minimum Gasteiger partial charge on any atom is -0.469 e. The molecule has 0 radical (unpaired) electrons. The highest BCUT2D eigenvalue weighted by Gasteiger charge is 2.44. The van der Waals surface area contributed by atoms with Crippen molar-refractivity contribution in [2.75, 3.05) is 19.4 Å². The topological polar surface area (TPSA) is 58.6 Å². The van der Waals surface area contributed by atoms with Crippen LogP contribution in [0, 0.1) is 26.2 Å². The number of para-hydroxylation sites is 1. The van der Waals surface area contributed by atoms with Gasteiger partial charge in [0.05, 0.1) is 18.1 Å². The highest BCUT2D eigenvalue weighted by molar-refractivity contribution is 6.77. The number of esters is 1. The van der Waals surface area contributed by atoms with Crippen molar-refractivity contribution < 1.29 is 14.3 Å². The predicted molar refractivity (Wildman–Crippen MR) is 116 cm³/mol. The van der Waals surface area contributed by atoms with Crippen LogP contribution in [-0.4, -0.2) is 37.8 Å². The molecule has 29 heavy (non-hydrogen) atoms. The number of rotatable bonds is 2. The van der Waals surface area contributed by atoms with Gasteiger partial charge in [-0.1, -0.05) is 12.1 Å². The third kappa shape index (κ3) is 2.76. The summed E-state index contributed by atoms with van der Waals surface area (Å²) in [6.07, 6.45) is 1.36. The van der Waals surface area contributed by atoms with E-state index in [2.05, 4.69) is 26.0 Å². The smallest absolute Gasteiger partial charge is 0.411 e. The molecule has 5 nitrogen and oxygen atoms in total. The minimum absolute atomic E-state index is 0.0145. The van der Waals surface area contributed by atoms with E-state index in [1.54, 1.807) is 4.81 Å². The van der Waals surface area contributed by atoms with Crippen molar-refractivity contribution in [1.29, 1.82) is 0 Å². The average molecular weight is 390 g/mol. The van der Waals surface area contributed by atoms with Gasteiger partial charge in [0.15, 0.2) is 0 Å². The van der Waals surface area contributed by atoms with Crippen LogP contribution in [0.5, 0.6) is 0 Å². The van der Waals surface area contributed by atoms with Gasteiger partial charge in [-0.05, 0) is 93.0 Å². The van der Waals surface area contributed by atoms with Gasteiger partial charge in [-0.15, -0.1) is 0 Å². The summed E-state index contributed by atoms with van der Waals surface area (Å²) in [7, 11) is 3.30. The summed E-state index contributed by atoms with van der Waals surface area (Å²) in [5.74, 6) is -0.149. The zero-order chi connectivity index (χ0) is 21.1. The van der Waals surface area contributed by atoms with E-state index in [1.807, 2.05) is 38.2 Å². The van der Waals surface area contributed by atoms with Gasteiger partial charge in [0.25, 0.3) is 0 Å². The molecule has 6 heteroatoms. The lowest BCUT2D eigenvalue weighted by Gasteiger charge is -2.35. The Balaban J connectivity index is 1.84. The van der Waals surface area contributed by atoms with E-state index in [0.717, 1.165) is 16.7 Å². The highest BCUT2D eigenvalue weighted by atomic mass is 16.5. The van der Waals surface area contributed by atoms with Crippen molar-refractivity contribution in [2.45, 2.75) is 40.5 Å². The van der Waals surface area contributed by atoms with Crippen LogP contribution in [0.15, 0.2) is 24.3 Å². The summed E-state index contributed by atoms with van der Waals surface area (Å²) in [5, 5.41) is 3.56. The molecule has 1 N–H and O–H groups in total. The van der Waals surface area contributed by atoms with Gasteiger partial charge in [-0.2, -0.15) is 0 Å². The average Bonchev–Trinajstić information content (AvgIpc) is 3.09. The minimum atomic E-state index is -0.536. The second kappa shape index (κ2) is 6.65. The number of amides is 1. The standard InChI is InChI=1S/C23H27BN2O3/c1-13-14(2)20(15(3)18-12-23(4,11-17(13)18)22(28)29-6)24-25-19-10-8-7-9-16(19)21(27)26(24)5/h7-10,25H,11-12H2,1-6H3. The molecule has 1 amide bonds. The van der Waals surface area contributed by atoms with Crippen LogP contribution >= 0.6 is 0 Å². The zero-order valence-corrected chi connectivity index (χ0v) is 18.0. The molecule has 2 aliphatic rings. The maximum Gasteiger partial charge on any atom is 0.411 e. The molecular formula is C23H27BN2O3. The Morgan fingerprint density at radius 3 is 2.38 bits per heavy atom. The van der Waals surface area contributed by atoms with E-state index in [1.165, 1.54) is 29.4 Å². The lowest BCUT2D eigenvalue weighted by atomic mass is 9.59. The third-order valence-corrected chi connectivity index (χ3v) is 6.88. The summed E-state index contributed by atoms with van der Waals surface area (Å²) in [6, 6.07) is 7.63. The molecular weight excluding hydrogens is 363 g/mol. The Labute approximate surface area is 172 Å². The predicted octanol–water partition coefficient (Wildman–Crippen LogP) is 2.78. The number of methoxy groups -OCH3 is 1. The first-order valence-corrected chi connectivity index (χ1v) is 10.0. The van der Waals surface area contributed by atoms with Crippen LogP contribution in [0.3, 0.4) is 0 Å². The van der Waals surface area contributed by atoms with Gasteiger partial charge >= 0.3 is 13.0 Å². The van der Waals surface area contributed by atoms with Crippen LogP contribution in [0.2, 0.25) is 0 Å². The monoisotopic (exact) mass is 390 g/mol. The lowest BCUT2D eigenvalue weighted by Crippen LogP contribution is -2.59. The molecule has 2 aromatic rings. The Morgan fingerprint density at radius 2 is 1.72 bits per heavy atom. The molecule has 0 bridgehead atoms. The summed E-state index contributed by atoms with van der Waals surface area (Å²) in [5.41, 5.74) is 8.15. The number of nitrogens with one attached hydrogen (secondary N) is 1. The number of carbonyl (C=O) groups excluding carboxylic acids is 2. The van der Waals surface area contributed by atoms with Crippen LogP contribution in [0.4, 0.5) is 5.69 Å². The van der Waals surface area contributed by atoms with Crippen molar-refractivity contribution in [2.24, 2.45) is 5.41 Å². The molecule has 150 valence electrons. The van der Waals surface area contributed by atoms with Crippen molar-refractivity contribution in [3.05, 3.63) is 57.6 Å². The van der Waals surface area contributed by atoms with Crippen molar-refractivity contribution >= 4 is 30.0 Å². The van der Waals surface area contributed by atoms with Gasteiger partial charge in [0, 0.05) is 5.69 Å². The van der Waals surface area contributed by atoms with Gasteiger partial charge < -0.3 is 14.8 Å². The summed E-state index contributed by atoms with van der Waals surface area (Å²) < 4.78 is 5.09. The van der Waals surface area contributed by atoms with E-state index < -0.39 is 5.41 Å². The number of nitrogens with zero attached hydrogens (tertiary/aromatic N) is 1. The van der Waals surface area contributed by atoms with E-state index in [4.69, 9.17) is 4.74 Å². The molecule has 1 aliphatic heterocycles. The molecule has 1 atom stereocenters. The fourth-order valence-electron chi connectivity index (χ4n) is 5.06. The molecule has 1 heterocycles. The van der Waals surface area contributed by atoms with Crippen molar-refractivity contribution in [3.8, 4) is 0 Å². The Kier molecular flexibility index (Phi) is 4.48. The summed E-state index contributed by atoms with van der Waals surface area (Å²) in [4.78, 5) is 27.2. The van der Waals surface area contributed by atoms with Gasteiger partial charge in [-0.3, -0.25) is 9.59 Å². The lowest BCUT2D eigenvalue weighted by molar-refractivity contribution is -0.151.